The number of para-hydroxylation sites is 1. The number of nitrogens with zero attached hydrogens (tertiary/aromatic N) is 3. The minimum Gasteiger partial charge on any atom is -0.478 e. The van der Waals surface area contributed by atoms with Crippen LogP contribution in [0.2, 0.25) is 0 Å². The van der Waals surface area contributed by atoms with Crippen molar-refractivity contribution in [3.8, 4) is 0 Å². The molecular formula is C25H26F2N4O3. The van der Waals surface area contributed by atoms with Crippen LogP contribution >= 0.6 is 0 Å². The zero-order valence-corrected chi connectivity index (χ0v) is 19.2. The number of carbonyl (C=O) groups is 1. The Morgan fingerprint density at radius 2 is 1.91 bits per heavy atom. The summed E-state index contributed by atoms with van der Waals surface area (Å²) < 4.78 is 30.8. The number of pyridine rings is 1. The normalized spacial score (nSPS) is 18.9. The van der Waals surface area contributed by atoms with Gasteiger partial charge in [0.05, 0.1) is 29.1 Å². The van der Waals surface area contributed by atoms with Crippen LogP contribution in [0.15, 0.2) is 41.3 Å². The molecule has 5 rings (SSSR count). The van der Waals surface area contributed by atoms with Crippen LogP contribution in [0.5, 0.6) is 0 Å². The number of aromatic nitrogens is 2. The second-order valence-corrected chi connectivity index (χ2v) is 9.59. The summed E-state index contributed by atoms with van der Waals surface area (Å²) in [5, 5.41) is 12.7. The zero-order chi connectivity index (χ0) is 24.4. The third kappa shape index (κ3) is 3.41. The van der Waals surface area contributed by atoms with Gasteiger partial charge in [-0.1, -0.05) is 12.1 Å². The number of fused-ring (bicyclic) bond motifs is 1. The maximum absolute atomic E-state index is 14.7. The standard InChI is InChI=1S/C25H26F2N4O3/c1-14-10-18(16(3)28-19-7-5-4-6-17(19)23(33)34)21-29-20(15(2)22(32)31(21)11-14)30-12-24(8-9-24)25(26,27)13-30/h4-7,10-11,16,28H,8-9,12-13H2,1-3H3,(H,33,34)/t16-/m1/s1. The van der Waals surface area contributed by atoms with E-state index in [0.717, 1.165) is 5.56 Å². The Morgan fingerprint density at radius 3 is 2.56 bits per heavy atom. The number of rotatable bonds is 5. The number of benzene rings is 1. The van der Waals surface area contributed by atoms with E-state index < -0.39 is 29.9 Å². The van der Waals surface area contributed by atoms with Crippen LogP contribution in [-0.4, -0.2) is 39.5 Å². The van der Waals surface area contributed by atoms with Crippen LogP contribution in [0.4, 0.5) is 20.3 Å². The van der Waals surface area contributed by atoms with Crippen LogP contribution in [0.1, 0.15) is 52.9 Å². The van der Waals surface area contributed by atoms with Gasteiger partial charge in [0, 0.05) is 24.0 Å². The zero-order valence-electron chi connectivity index (χ0n) is 19.2. The summed E-state index contributed by atoms with van der Waals surface area (Å²) in [6.07, 6.45) is 2.65. The van der Waals surface area contributed by atoms with Gasteiger partial charge in [0.1, 0.15) is 11.5 Å². The molecule has 2 fully saturated rings. The van der Waals surface area contributed by atoms with Crippen molar-refractivity contribution in [3.05, 3.63) is 69.1 Å². The summed E-state index contributed by atoms with van der Waals surface area (Å²) in [7, 11) is 0. The highest BCUT2D eigenvalue weighted by Gasteiger charge is 2.67. The lowest BCUT2D eigenvalue weighted by Gasteiger charge is -2.23. The van der Waals surface area contributed by atoms with E-state index in [0.29, 0.717) is 35.3 Å². The summed E-state index contributed by atoms with van der Waals surface area (Å²) >= 11 is 0. The number of halogens is 2. The predicted molar refractivity (Wildman–Crippen MR) is 125 cm³/mol. The van der Waals surface area contributed by atoms with Gasteiger partial charge < -0.3 is 15.3 Å². The predicted octanol–water partition coefficient (Wildman–Crippen LogP) is 4.42. The number of nitrogens with one attached hydrogen (secondary N) is 1. The van der Waals surface area contributed by atoms with Gasteiger partial charge in [-0.2, -0.15) is 0 Å². The maximum Gasteiger partial charge on any atom is 0.337 e. The smallest absolute Gasteiger partial charge is 0.337 e. The average molecular weight is 469 g/mol. The van der Waals surface area contributed by atoms with E-state index in [1.54, 1.807) is 36.2 Å². The Balaban J connectivity index is 1.61. The molecule has 2 N–H and O–H groups in total. The molecule has 9 heteroatoms. The fourth-order valence-electron chi connectivity index (χ4n) is 4.99. The van der Waals surface area contributed by atoms with Crippen molar-refractivity contribution in [2.45, 2.75) is 45.6 Å². The number of aromatic carboxylic acids is 1. The number of hydrogen-bond acceptors (Lipinski definition) is 5. The topological polar surface area (TPSA) is 86.9 Å². The van der Waals surface area contributed by atoms with Crippen molar-refractivity contribution in [2.75, 3.05) is 23.3 Å². The molecule has 1 spiro atoms. The van der Waals surface area contributed by atoms with Gasteiger partial charge in [-0.25, -0.2) is 18.6 Å². The Labute approximate surface area is 195 Å². The molecule has 178 valence electrons. The molecule has 2 aromatic heterocycles. The highest BCUT2D eigenvalue weighted by Crippen LogP contribution is 2.61. The third-order valence-corrected chi connectivity index (χ3v) is 7.10. The highest BCUT2D eigenvalue weighted by atomic mass is 19.3. The van der Waals surface area contributed by atoms with Crippen molar-refractivity contribution in [2.24, 2.45) is 5.41 Å². The molecule has 2 aliphatic rings. The largest absolute Gasteiger partial charge is 0.478 e. The van der Waals surface area contributed by atoms with E-state index in [4.69, 9.17) is 4.98 Å². The molecule has 1 aliphatic heterocycles. The number of hydrogen-bond donors (Lipinski definition) is 2. The van der Waals surface area contributed by atoms with E-state index in [2.05, 4.69) is 5.32 Å². The number of alkyl halides is 2. The molecular weight excluding hydrogens is 442 g/mol. The van der Waals surface area contributed by atoms with Gasteiger partial charge >= 0.3 is 5.97 Å². The minimum atomic E-state index is -2.81. The number of aryl methyl sites for hydroxylation is 1. The summed E-state index contributed by atoms with van der Waals surface area (Å²) in [5.74, 6) is -3.57. The molecule has 3 aromatic rings. The van der Waals surface area contributed by atoms with Crippen molar-refractivity contribution in [1.29, 1.82) is 0 Å². The monoisotopic (exact) mass is 468 g/mol. The Hall–Kier alpha value is -3.49. The molecule has 0 bridgehead atoms. The average Bonchev–Trinajstić information content (AvgIpc) is 3.52. The van der Waals surface area contributed by atoms with E-state index in [1.165, 1.54) is 10.5 Å². The first kappa shape index (κ1) is 22.3. The second kappa shape index (κ2) is 7.51. The van der Waals surface area contributed by atoms with Crippen LogP contribution in [-0.2, 0) is 0 Å². The highest BCUT2D eigenvalue weighted by molar-refractivity contribution is 5.94. The molecule has 34 heavy (non-hydrogen) atoms. The molecule has 0 unspecified atom stereocenters. The van der Waals surface area contributed by atoms with Crippen LogP contribution in [0.3, 0.4) is 0 Å². The van der Waals surface area contributed by atoms with Crippen molar-refractivity contribution in [3.63, 3.8) is 0 Å². The first-order valence-corrected chi connectivity index (χ1v) is 11.3. The fourth-order valence-corrected chi connectivity index (χ4v) is 4.99. The van der Waals surface area contributed by atoms with Gasteiger partial charge in [-0.05, 0) is 57.4 Å². The fraction of sp³-hybridized carbons (Fsp3) is 0.400. The quantitative estimate of drug-likeness (QED) is 0.577. The lowest BCUT2D eigenvalue weighted by atomic mass is 10.0. The summed E-state index contributed by atoms with van der Waals surface area (Å²) in [4.78, 5) is 31.2. The van der Waals surface area contributed by atoms with Crippen molar-refractivity contribution in [1.82, 2.24) is 9.38 Å². The third-order valence-electron chi connectivity index (χ3n) is 7.10. The van der Waals surface area contributed by atoms with E-state index in [9.17, 15) is 23.5 Å². The Bertz CT molecular complexity index is 1370. The van der Waals surface area contributed by atoms with E-state index in [-0.39, 0.29) is 23.5 Å². The van der Waals surface area contributed by atoms with Gasteiger partial charge in [-0.3, -0.25) is 9.20 Å². The molecule has 1 aromatic carbocycles. The summed E-state index contributed by atoms with van der Waals surface area (Å²) in [5.41, 5.74) is 1.45. The molecule has 7 nitrogen and oxygen atoms in total. The molecule has 0 radical (unpaired) electrons. The Morgan fingerprint density at radius 1 is 1.21 bits per heavy atom. The van der Waals surface area contributed by atoms with Crippen LogP contribution in [0.25, 0.3) is 5.65 Å². The van der Waals surface area contributed by atoms with Crippen molar-refractivity contribution >= 4 is 23.1 Å². The van der Waals surface area contributed by atoms with Crippen molar-refractivity contribution < 1.29 is 18.7 Å². The number of carboxylic acids is 1. The van der Waals surface area contributed by atoms with Gasteiger partial charge in [0.15, 0.2) is 0 Å². The second-order valence-electron chi connectivity index (χ2n) is 9.59. The molecule has 1 saturated carbocycles. The van der Waals surface area contributed by atoms with E-state index >= 15 is 0 Å². The summed E-state index contributed by atoms with van der Waals surface area (Å²) in [6, 6.07) is 8.04. The number of carboxylic acid groups (broad SMARTS) is 1. The van der Waals surface area contributed by atoms with Gasteiger partial charge in [0.25, 0.3) is 11.5 Å². The van der Waals surface area contributed by atoms with Crippen LogP contribution < -0.4 is 15.8 Å². The first-order chi connectivity index (χ1) is 16.0. The van der Waals surface area contributed by atoms with Gasteiger partial charge in [-0.15, -0.1) is 0 Å². The molecule has 3 heterocycles. The SMILES string of the molecule is Cc1cc([C@@H](C)Nc2ccccc2C(=O)O)c2nc(N3CC(F)(F)C4(CC4)C3)c(C)c(=O)n2c1. The van der Waals surface area contributed by atoms with Gasteiger partial charge in [0.2, 0.25) is 0 Å². The first-order valence-electron chi connectivity index (χ1n) is 11.3. The van der Waals surface area contributed by atoms with E-state index in [1.807, 2.05) is 19.9 Å². The Kier molecular flexibility index (Phi) is 4.93. The molecule has 0 amide bonds. The lowest BCUT2D eigenvalue weighted by Crippen LogP contribution is -2.31. The minimum absolute atomic E-state index is 0.127. The molecule has 1 atom stereocenters. The number of anilines is 2. The maximum atomic E-state index is 14.7. The lowest BCUT2D eigenvalue weighted by molar-refractivity contribution is -0.0334. The molecule has 1 saturated heterocycles. The van der Waals surface area contributed by atoms with Crippen LogP contribution in [0, 0.1) is 19.3 Å². The summed E-state index contributed by atoms with van der Waals surface area (Å²) in [6.45, 7) is 5.07. The molecule has 1 aliphatic carbocycles.